The zero-order chi connectivity index (χ0) is 22.8. The third kappa shape index (κ3) is 4.46. The van der Waals surface area contributed by atoms with E-state index in [1.807, 2.05) is 28.8 Å². The third-order valence-corrected chi connectivity index (χ3v) is 8.14. The topological polar surface area (TPSA) is 64.4 Å². The Labute approximate surface area is 196 Å². The number of fused-ring (bicyclic) bond motifs is 3. The molecular formula is C27H37N3O3. The fourth-order valence-corrected chi connectivity index (χ4v) is 6.75. The van der Waals surface area contributed by atoms with Gasteiger partial charge in [0.05, 0.1) is 17.6 Å². The maximum Gasteiger partial charge on any atom is 0.362 e. The summed E-state index contributed by atoms with van der Waals surface area (Å²) in [7, 11) is 0. The molecule has 2 aromatic rings. The van der Waals surface area contributed by atoms with Gasteiger partial charge < -0.3 is 9.30 Å². The van der Waals surface area contributed by atoms with E-state index in [0.29, 0.717) is 23.6 Å². The third-order valence-electron chi connectivity index (χ3n) is 8.14. The maximum absolute atomic E-state index is 13.5. The Morgan fingerprint density at radius 3 is 2.21 bits per heavy atom. The van der Waals surface area contributed by atoms with Crippen LogP contribution in [0.3, 0.4) is 0 Å². The van der Waals surface area contributed by atoms with E-state index in [2.05, 4.69) is 9.88 Å². The number of esters is 1. The van der Waals surface area contributed by atoms with Crippen LogP contribution in [0.1, 0.15) is 101 Å². The van der Waals surface area contributed by atoms with Gasteiger partial charge in [0.25, 0.3) is 5.56 Å². The van der Waals surface area contributed by atoms with Gasteiger partial charge in [0.2, 0.25) is 5.69 Å². The van der Waals surface area contributed by atoms with Crippen molar-refractivity contribution in [2.75, 3.05) is 6.61 Å². The van der Waals surface area contributed by atoms with E-state index in [1.165, 1.54) is 64.2 Å². The second kappa shape index (κ2) is 9.96. The summed E-state index contributed by atoms with van der Waals surface area (Å²) < 4.78 is 7.04. The number of hydrogen-bond donors (Lipinski definition) is 0. The van der Waals surface area contributed by atoms with Crippen molar-refractivity contribution < 1.29 is 9.53 Å². The number of benzene rings is 1. The van der Waals surface area contributed by atoms with E-state index in [-0.39, 0.29) is 23.9 Å². The van der Waals surface area contributed by atoms with Crippen molar-refractivity contribution in [1.29, 1.82) is 0 Å². The molecule has 3 fully saturated rings. The zero-order valence-corrected chi connectivity index (χ0v) is 19.9. The molecule has 33 heavy (non-hydrogen) atoms. The van der Waals surface area contributed by atoms with Crippen molar-refractivity contribution in [3.63, 3.8) is 0 Å². The molecule has 0 N–H and O–H groups in total. The molecule has 1 aliphatic carbocycles. The highest BCUT2D eigenvalue weighted by Crippen LogP contribution is 2.44. The summed E-state index contributed by atoms with van der Waals surface area (Å²) in [5.41, 5.74) is 1.14. The van der Waals surface area contributed by atoms with Crippen LogP contribution in [-0.2, 0) is 4.74 Å². The number of nitrogens with zero attached hydrogens (tertiary/aromatic N) is 3. The van der Waals surface area contributed by atoms with Gasteiger partial charge in [-0.1, -0.05) is 50.7 Å². The minimum atomic E-state index is -0.618. The molecule has 1 saturated carbocycles. The number of ether oxygens (including phenoxy) is 1. The Kier molecular flexibility index (Phi) is 6.81. The lowest BCUT2D eigenvalue weighted by Crippen LogP contribution is -2.50. The van der Waals surface area contributed by atoms with Gasteiger partial charge in [0, 0.05) is 24.2 Å². The Morgan fingerprint density at radius 1 is 0.909 bits per heavy atom. The molecule has 6 heteroatoms. The van der Waals surface area contributed by atoms with E-state index in [1.54, 1.807) is 6.92 Å². The molecule has 0 spiro atoms. The molecule has 1 aromatic heterocycles. The van der Waals surface area contributed by atoms with Crippen LogP contribution in [0.25, 0.3) is 11.0 Å². The fraction of sp³-hybridized carbons (Fsp3) is 0.667. The predicted octanol–water partition coefficient (Wildman–Crippen LogP) is 5.24. The van der Waals surface area contributed by atoms with E-state index in [0.717, 1.165) is 18.4 Å². The van der Waals surface area contributed by atoms with Gasteiger partial charge >= 0.3 is 5.97 Å². The normalized spacial score (nSPS) is 27.1. The molecule has 2 bridgehead atoms. The minimum absolute atomic E-state index is 0.0819. The highest BCUT2D eigenvalue weighted by molar-refractivity contribution is 5.89. The number of piperidine rings is 1. The molecule has 0 amide bonds. The quantitative estimate of drug-likeness (QED) is 0.595. The van der Waals surface area contributed by atoms with Gasteiger partial charge in [-0.05, 0) is 57.6 Å². The van der Waals surface area contributed by atoms with Crippen molar-refractivity contribution in [3.05, 3.63) is 40.3 Å². The van der Waals surface area contributed by atoms with Crippen LogP contribution < -0.4 is 5.56 Å². The molecular weight excluding hydrogens is 414 g/mol. The lowest BCUT2D eigenvalue weighted by atomic mass is 9.91. The van der Waals surface area contributed by atoms with Crippen molar-refractivity contribution in [2.24, 2.45) is 0 Å². The number of aromatic nitrogens is 2. The van der Waals surface area contributed by atoms with E-state index in [9.17, 15) is 9.59 Å². The van der Waals surface area contributed by atoms with Crippen molar-refractivity contribution >= 4 is 17.0 Å². The predicted molar refractivity (Wildman–Crippen MR) is 130 cm³/mol. The maximum atomic E-state index is 13.5. The lowest BCUT2D eigenvalue weighted by Gasteiger charge is -2.44. The summed E-state index contributed by atoms with van der Waals surface area (Å²) in [5, 5.41) is 0. The molecule has 6 nitrogen and oxygen atoms in total. The molecule has 5 rings (SSSR count). The summed E-state index contributed by atoms with van der Waals surface area (Å²) in [6.07, 6.45) is 15.3. The average molecular weight is 452 g/mol. The summed E-state index contributed by atoms with van der Waals surface area (Å²) in [6, 6.07) is 9.56. The second-order valence-corrected chi connectivity index (χ2v) is 10.2. The summed E-state index contributed by atoms with van der Waals surface area (Å²) in [5.74, 6) is -0.618. The molecule has 178 valence electrons. The standard InChI is InChI=1S/C27H37N3O3/c1-2-33-27(32)25-26(31)30(24-14-10-9-13-23(24)28-25)22-17-20-15-16-21(18-22)29(20)19-11-7-5-3-4-6-8-12-19/h9-10,13-14,19-22H,2-8,11-12,15-18H2,1H3/t20-,21+,22?. The first kappa shape index (κ1) is 22.6. The molecule has 3 heterocycles. The highest BCUT2D eigenvalue weighted by atomic mass is 16.5. The number of para-hydroxylation sites is 2. The van der Waals surface area contributed by atoms with Crippen LogP contribution in [0, 0.1) is 0 Å². The van der Waals surface area contributed by atoms with E-state index in [4.69, 9.17) is 4.74 Å². The largest absolute Gasteiger partial charge is 0.461 e. The van der Waals surface area contributed by atoms with Crippen LogP contribution in [0.2, 0.25) is 0 Å². The van der Waals surface area contributed by atoms with Gasteiger partial charge in [0.1, 0.15) is 0 Å². The molecule has 1 unspecified atom stereocenters. The smallest absolute Gasteiger partial charge is 0.362 e. The van der Waals surface area contributed by atoms with Crippen LogP contribution in [0.4, 0.5) is 0 Å². The second-order valence-electron chi connectivity index (χ2n) is 10.2. The number of carbonyl (C=O) groups excluding carboxylic acids is 1. The van der Waals surface area contributed by atoms with Gasteiger partial charge in [-0.15, -0.1) is 0 Å². The number of rotatable bonds is 4. The molecule has 3 aliphatic rings. The average Bonchev–Trinajstić information content (AvgIpc) is 3.15. The highest BCUT2D eigenvalue weighted by Gasteiger charge is 2.44. The fourth-order valence-electron chi connectivity index (χ4n) is 6.75. The Morgan fingerprint density at radius 2 is 1.55 bits per heavy atom. The molecule has 2 saturated heterocycles. The monoisotopic (exact) mass is 451 g/mol. The first-order valence-electron chi connectivity index (χ1n) is 13.1. The molecule has 0 radical (unpaired) electrons. The van der Waals surface area contributed by atoms with Gasteiger partial charge in [-0.3, -0.25) is 9.69 Å². The summed E-state index contributed by atoms with van der Waals surface area (Å²) in [4.78, 5) is 33.3. The Balaban J connectivity index is 1.46. The first-order valence-corrected chi connectivity index (χ1v) is 13.1. The van der Waals surface area contributed by atoms with Crippen molar-refractivity contribution in [2.45, 2.75) is 108 Å². The molecule has 2 aliphatic heterocycles. The lowest BCUT2D eigenvalue weighted by molar-refractivity contribution is 0.0498. The first-order chi connectivity index (χ1) is 16.2. The van der Waals surface area contributed by atoms with Gasteiger partial charge in [-0.25, -0.2) is 9.78 Å². The van der Waals surface area contributed by atoms with Crippen molar-refractivity contribution in [3.8, 4) is 0 Å². The molecule has 3 atom stereocenters. The molecule has 1 aromatic carbocycles. The zero-order valence-electron chi connectivity index (χ0n) is 19.9. The SMILES string of the molecule is CCOC(=O)c1nc2ccccc2n(C2C[C@H]3CC[C@@H](C2)N3C2CCCCCCCC2)c1=O. The van der Waals surface area contributed by atoms with Gasteiger partial charge in [-0.2, -0.15) is 0 Å². The summed E-state index contributed by atoms with van der Waals surface area (Å²) in [6.45, 7) is 1.99. The van der Waals surface area contributed by atoms with Crippen LogP contribution in [0.15, 0.2) is 29.1 Å². The van der Waals surface area contributed by atoms with Crippen LogP contribution >= 0.6 is 0 Å². The number of hydrogen-bond acceptors (Lipinski definition) is 5. The van der Waals surface area contributed by atoms with Crippen LogP contribution in [0.5, 0.6) is 0 Å². The minimum Gasteiger partial charge on any atom is -0.461 e. The Hall–Kier alpha value is -2.21. The van der Waals surface area contributed by atoms with E-state index >= 15 is 0 Å². The number of carbonyl (C=O) groups is 1. The van der Waals surface area contributed by atoms with E-state index < -0.39 is 5.97 Å². The van der Waals surface area contributed by atoms with Crippen LogP contribution in [-0.4, -0.2) is 45.2 Å². The summed E-state index contributed by atoms with van der Waals surface area (Å²) >= 11 is 0. The Bertz CT molecular complexity index is 1020. The van der Waals surface area contributed by atoms with Crippen molar-refractivity contribution in [1.82, 2.24) is 14.5 Å². The van der Waals surface area contributed by atoms with Gasteiger partial charge in [0.15, 0.2) is 0 Å².